The Kier molecular flexibility index (Phi) is 9.79. The van der Waals surface area contributed by atoms with Gasteiger partial charge in [-0.1, -0.05) is 13.8 Å². The van der Waals surface area contributed by atoms with E-state index in [1.165, 1.54) is 21.7 Å². The van der Waals surface area contributed by atoms with E-state index in [9.17, 15) is 13.2 Å². The maximum Gasteiger partial charge on any atom is 0.277 e. The van der Waals surface area contributed by atoms with E-state index in [0.29, 0.717) is 61.0 Å². The average molecular weight is 536 g/mol. The molecule has 0 radical (unpaired) electrons. The molecular formula is C24H37N7O5S. The van der Waals surface area contributed by atoms with E-state index >= 15 is 0 Å². The SMILES string of the molecule is CCCc1nc(C)c2c(=O)[nH]c(-c3cc(S(=O)(=O)NN(C)CCN(CC)CCO)ccc3OCC)nn12. The lowest BCUT2D eigenvalue weighted by molar-refractivity contribution is 0.177. The van der Waals surface area contributed by atoms with Crippen LogP contribution < -0.4 is 15.1 Å². The van der Waals surface area contributed by atoms with Gasteiger partial charge in [0.05, 0.1) is 29.4 Å². The first-order valence-corrected chi connectivity index (χ1v) is 14.0. The Hall–Kier alpha value is -2.84. The molecule has 3 rings (SSSR count). The van der Waals surface area contributed by atoms with Crippen molar-refractivity contribution in [3.8, 4) is 17.1 Å². The van der Waals surface area contributed by atoms with Gasteiger partial charge in [-0.3, -0.25) is 4.79 Å². The lowest BCUT2D eigenvalue weighted by Crippen LogP contribution is -2.44. The molecule has 0 amide bonds. The monoisotopic (exact) mass is 535 g/mol. The van der Waals surface area contributed by atoms with Crippen LogP contribution in [-0.2, 0) is 16.4 Å². The molecule has 0 aliphatic rings. The Morgan fingerprint density at radius 3 is 2.59 bits per heavy atom. The van der Waals surface area contributed by atoms with Gasteiger partial charge in [-0.25, -0.2) is 22.9 Å². The van der Waals surface area contributed by atoms with E-state index in [4.69, 9.17) is 9.84 Å². The highest BCUT2D eigenvalue weighted by Gasteiger charge is 2.22. The molecule has 1 aromatic carbocycles. The predicted molar refractivity (Wildman–Crippen MR) is 141 cm³/mol. The molecule has 2 aromatic heterocycles. The number of likely N-dealkylation sites (N-methyl/N-ethyl adjacent to an activating group) is 2. The standard InChI is InChI=1S/C24H37N7O5S/c1-6-9-21-25-17(4)22-24(33)26-23(27-31(21)22)19-16-18(10-11-20(19)36-8-3)37(34,35)28-29(5)12-13-30(7-2)14-15-32/h10-11,16,28,32H,6-9,12-15H2,1-5H3,(H,26,27,33). The Labute approximate surface area is 217 Å². The van der Waals surface area contributed by atoms with E-state index in [2.05, 4.69) is 19.9 Å². The molecule has 3 N–H and O–H groups in total. The zero-order valence-corrected chi connectivity index (χ0v) is 22.9. The Morgan fingerprint density at radius 1 is 1.19 bits per heavy atom. The molecule has 12 nitrogen and oxygen atoms in total. The Bertz CT molecular complexity index is 1370. The molecule has 13 heteroatoms. The molecule has 0 saturated carbocycles. The van der Waals surface area contributed by atoms with Gasteiger partial charge in [0.15, 0.2) is 11.3 Å². The van der Waals surface area contributed by atoms with Gasteiger partial charge in [-0.2, -0.15) is 0 Å². The van der Waals surface area contributed by atoms with Gasteiger partial charge in [0.1, 0.15) is 11.6 Å². The number of rotatable bonds is 14. The van der Waals surface area contributed by atoms with Crippen molar-refractivity contribution in [2.24, 2.45) is 0 Å². The van der Waals surface area contributed by atoms with E-state index in [0.717, 1.165) is 13.0 Å². The van der Waals surface area contributed by atoms with Gasteiger partial charge in [0, 0.05) is 33.1 Å². The van der Waals surface area contributed by atoms with Crippen molar-refractivity contribution in [3.63, 3.8) is 0 Å². The number of aliphatic hydroxyl groups is 1. The van der Waals surface area contributed by atoms with Crippen molar-refractivity contribution >= 4 is 15.5 Å². The number of imidazole rings is 1. The van der Waals surface area contributed by atoms with E-state index < -0.39 is 10.0 Å². The van der Waals surface area contributed by atoms with Crippen LogP contribution in [0, 0.1) is 6.92 Å². The van der Waals surface area contributed by atoms with Crippen molar-refractivity contribution in [2.75, 3.05) is 46.4 Å². The average Bonchev–Trinajstić information content (AvgIpc) is 3.17. The smallest absolute Gasteiger partial charge is 0.277 e. The van der Waals surface area contributed by atoms with Crippen molar-refractivity contribution in [2.45, 2.75) is 45.4 Å². The summed E-state index contributed by atoms with van der Waals surface area (Å²) in [5.41, 5.74) is 0.923. The van der Waals surface area contributed by atoms with Gasteiger partial charge in [0.25, 0.3) is 15.6 Å². The number of fused-ring (bicyclic) bond motifs is 1. The summed E-state index contributed by atoms with van der Waals surface area (Å²) >= 11 is 0. The van der Waals surface area contributed by atoms with E-state index in [-0.39, 0.29) is 22.9 Å². The summed E-state index contributed by atoms with van der Waals surface area (Å²) in [4.78, 5) is 24.8. The highest BCUT2D eigenvalue weighted by atomic mass is 32.2. The highest BCUT2D eigenvalue weighted by Crippen LogP contribution is 2.30. The van der Waals surface area contributed by atoms with Crippen LogP contribution in [0.15, 0.2) is 27.9 Å². The van der Waals surface area contributed by atoms with Crippen molar-refractivity contribution in [1.82, 2.24) is 34.3 Å². The summed E-state index contributed by atoms with van der Waals surface area (Å²) in [6.45, 7) is 10.2. The van der Waals surface area contributed by atoms with Crippen LogP contribution in [0.2, 0.25) is 0 Å². The summed E-state index contributed by atoms with van der Waals surface area (Å²) in [6, 6.07) is 4.46. The minimum atomic E-state index is -3.94. The fourth-order valence-corrected chi connectivity index (χ4v) is 5.18. The molecule has 3 aromatic rings. The molecular weight excluding hydrogens is 498 g/mol. The van der Waals surface area contributed by atoms with Crippen LogP contribution in [0.3, 0.4) is 0 Å². The largest absolute Gasteiger partial charge is 0.493 e. The summed E-state index contributed by atoms with van der Waals surface area (Å²) in [6.07, 6.45) is 1.47. The quantitative estimate of drug-likeness (QED) is 0.259. The maximum absolute atomic E-state index is 13.2. The first kappa shape index (κ1) is 28.7. The molecule has 0 aliphatic heterocycles. The van der Waals surface area contributed by atoms with Crippen LogP contribution >= 0.6 is 0 Å². The van der Waals surface area contributed by atoms with Gasteiger partial charge in [-0.05, 0) is 45.0 Å². The number of sulfonamides is 1. The molecule has 0 spiro atoms. The molecule has 204 valence electrons. The van der Waals surface area contributed by atoms with Crippen LogP contribution in [0.25, 0.3) is 16.9 Å². The van der Waals surface area contributed by atoms with Crippen LogP contribution in [-0.4, -0.2) is 89.5 Å². The summed E-state index contributed by atoms with van der Waals surface area (Å²) in [5.74, 6) is 1.24. The number of ether oxygens (including phenoxy) is 1. The lowest BCUT2D eigenvalue weighted by Gasteiger charge is -2.24. The van der Waals surface area contributed by atoms with Crippen LogP contribution in [0.4, 0.5) is 0 Å². The third kappa shape index (κ3) is 6.73. The number of aromatic amines is 1. The number of aromatic nitrogens is 4. The zero-order valence-electron chi connectivity index (χ0n) is 22.1. The number of aryl methyl sites for hydroxylation is 2. The number of H-pyrrole nitrogens is 1. The third-order valence-corrected chi connectivity index (χ3v) is 7.35. The number of hydrogen-bond donors (Lipinski definition) is 3. The maximum atomic E-state index is 13.2. The third-order valence-electron chi connectivity index (χ3n) is 5.92. The minimum Gasteiger partial charge on any atom is -0.493 e. The molecule has 37 heavy (non-hydrogen) atoms. The van der Waals surface area contributed by atoms with Gasteiger partial charge in [0.2, 0.25) is 0 Å². The highest BCUT2D eigenvalue weighted by molar-refractivity contribution is 7.89. The molecule has 0 saturated heterocycles. The number of hydrazine groups is 1. The topological polar surface area (TPSA) is 145 Å². The fraction of sp³-hybridized carbons (Fsp3) is 0.542. The Morgan fingerprint density at radius 2 is 1.95 bits per heavy atom. The van der Waals surface area contributed by atoms with Crippen molar-refractivity contribution in [3.05, 3.63) is 40.1 Å². The number of nitrogens with one attached hydrogen (secondary N) is 2. The minimum absolute atomic E-state index is 0.00107. The summed E-state index contributed by atoms with van der Waals surface area (Å²) in [5, 5.41) is 15.3. The van der Waals surface area contributed by atoms with E-state index in [1.54, 1.807) is 20.0 Å². The lowest BCUT2D eigenvalue weighted by atomic mass is 10.2. The van der Waals surface area contributed by atoms with Crippen molar-refractivity contribution < 1.29 is 18.3 Å². The Balaban J connectivity index is 1.98. The molecule has 0 atom stereocenters. The molecule has 0 unspecified atom stereocenters. The van der Waals surface area contributed by atoms with E-state index in [1.807, 2.05) is 25.7 Å². The first-order valence-electron chi connectivity index (χ1n) is 12.5. The molecule has 0 fully saturated rings. The second kappa shape index (κ2) is 12.6. The number of benzene rings is 1. The van der Waals surface area contributed by atoms with Crippen LogP contribution in [0.5, 0.6) is 5.75 Å². The van der Waals surface area contributed by atoms with Gasteiger partial charge in [-0.15, -0.1) is 9.93 Å². The molecule has 2 heterocycles. The normalized spacial score (nSPS) is 12.2. The van der Waals surface area contributed by atoms with Gasteiger partial charge < -0.3 is 19.7 Å². The summed E-state index contributed by atoms with van der Waals surface area (Å²) < 4.78 is 33.7. The zero-order chi connectivity index (χ0) is 27.2. The number of hydrogen-bond acceptors (Lipinski definition) is 9. The fourth-order valence-electron chi connectivity index (χ4n) is 4.05. The predicted octanol–water partition coefficient (Wildman–Crippen LogP) is 1.18. The second-order valence-corrected chi connectivity index (χ2v) is 10.4. The molecule has 0 aliphatic carbocycles. The second-order valence-electron chi connectivity index (χ2n) is 8.69. The number of aliphatic hydroxyl groups excluding tert-OH is 1. The van der Waals surface area contributed by atoms with Crippen LogP contribution in [0.1, 0.15) is 38.7 Å². The first-order chi connectivity index (χ1) is 17.6. The van der Waals surface area contributed by atoms with Crippen molar-refractivity contribution in [1.29, 1.82) is 0 Å². The molecule has 0 bridgehead atoms. The summed E-state index contributed by atoms with van der Waals surface area (Å²) in [7, 11) is -2.30. The van der Waals surface area contributed by atoms with Gasteiger partial charge >= 0.3 is 0 Å². The number of nitrogens with zero attached hydrogens (tertiary/aromatic N) is 5.